The van der Waals surface area contributed by atoms with Crippen LogP contribution in [-0.4, -0.2) is 92.4 Å². The Morgan fingerprint density at radius 3 is 2.18 bits per heavy atom. The van der Waals surface area contributed by atoms with Crippen LogP contribution in [0.3, 0.4) is 0 Å². The van der Waals surface area contributed by atoms with Gasteiger partial charge in [-0.15, -0.1) is 12.3 Å². The second-order valence-electron chi connectivity index (χ2n) is 10.3. The first-order valence-corrected chi connectivity index (χ1v) is 14.5. The van der Waals surface area contributed by atoms with Gasteiger partial charge in [0.2, 0.25) is 5.28 Å². The molecule has 10 heteroatoms. The van der Waals surface area contributed by atoms with Gasteiger partial charge in [-0.05, 0) is 62.5 Å². The van der Waals surface area contributed by atoms with Crippen molar-refractivity contribution in [3.63, 3.8) is 0 Å². The first kappa shape index (κ1) is 30.6. The highest BCUT2D eigenvalue weighted by Crippen LogP contribution is 2.30. The van der Waals surface area contributed by atoms with E-state index in [1.165, 1.54) is 12.6 Å². The quantitative estimate of drug-likeness (QED) is 0.107. The van der Waals surface area contributed by atoms with E-state index in [2.05, 4.69) is 38.3 Å². The fraction of sp³-hybridized carbons (Fsp3) is 0.750. The summed E-state index contributed by atoms with van der Waals surface area (Å²) in [7, 11) is 0. The van der Waals surface area contributed by atoms with Crippen LogP contribution in [0.15, 0.2) is 0 Å². The van der Waals surface area contributed by atoms with Crippen molar-refractivity contribution in [2.75, 3.05) is 69.9 Å². The highest BCUT2D eigenvalue weighted by Gasteiger charge is 2.25. The van der Waals surface area contributed by atoms with Crippen molar-refractivity contribution in [3.05, 3.63) is 10.8 Å². The van der Waals surface area contributed by atoms with Crippen LogP contribution in [0.2, 0.25) is 5.28 Å². The van der Waals surface area contributed by atoms with Crippen LogP contribution in [0, 0.1) is 23.7 Å². The highest BCUT2D eigenvalue weighted by molar-refractivity contribution is 6.28. The van der Waals surface area contributed by atoms with Gasteiger partial charge in [-0.2, -0.15) is 9.97 Å². The van der Waals surface area contributed by atoms with E-state index in [0.29, 0.717) is 62.2 Å². The van der Waals surface area contributed by atoms with Gasteiger partial charge in [-0.1, -0.05) is 6.92 Å². The maximum absolute atomic E-state index is 7.98. The molecule has 0 bridgehead atoms. The zero-order chi connectivity index (χ0) is 27.0. The summed E-state index contributed by atoms with van der Waals surface area (Å²) in [4.78, 5) is 11.2. The van der Waals surface area contributed by atoms with Gasteiger partial charge in [-0.3, -0.25) is 0 Å². The number of hydrogen-bond donors (Lipinski definition) is 3. The molecule has 1 saturated heterocycles. The first-order chi connectivity index (χ1) is 18.6. The zero-order valence-corrected chi connectivity index (χ0v) is 23.6. The molecule has 3 rings (SSSR count). The molecule has 2 atom stereocenters. The Kier molecular flexibility index (Phi) is 14.2. The lowest BCUT2D eigenvalue weighted by Gasteiger charge is -2.32. The van der Waals surface area contributed by atoms with E-state index < -0.39 is 0 Å². The van der Waals surface area contributed by atoms with E-state index in [1.54, 1.807) is 0 Å². The Balaban J connectivity index is 1.27. The fourth-order valence-electron chi connectivity index (χ4n) is 4.99. The van der Waals surface area contributed by atoms with Crippen molar-refractivity contribution in [2.45, 2.75) is 70.4 Å². The lowest BCUT2D eigenvalue weighted by molar-refractivity contribution is 0.00917. The summed E-state index contributed by atoms with van der Waals surface area (Å²) < 4.78 is 16.8. The van der Waals surface area contributed by atoms with Gasteiger partial charge in [0.05, 0.1) is 38.6 Å². The number of halogens is 1. The third-order valence-electron chi connectivity index (χ3n) is 7.18. The molecule has 2 fully saturated rings. The standard InChI is InChI=1S/C28H45ClN6O3/c1-3-4-5-6-14-36-16-18-38-19-17-37-15-13-35-11-9-23(10-12-35)31-26-25(21-30)27(34-28(29)33-26)32-24-8-7-22(2)20-24/h1,21-24,30H,4-20H2,2H3,(H2,31,32,33,34). The maximum Gasteiger partial charge on any atom is 0.226 e. The number of hydrogen-bond acceptors (Lipinski definition) is 9. The Hall–Kier alpha value is -1.96. The summed E-state index contributed by atoms with van der Waals surface area (Å²) in [6, 6.07) is 0.650. The zero-order valence-electron chi connectivity index (χ0n) is 22.9. The number of piperidine rings is 1. The highest BCUT2D eigenvalue weighted by atomic mass is 35.5. The van der Waals surface area contributed by atoms with E-state index in [0.717, 1.165) is 71.2 Å². The number of ether oxygens (including phenoxy) is 3. The maximum atomic E-state index is 7.98. The Morgan fingerprint density at radius 2 is 1.58 bits per heavy atom. The minimum Gasteiger partial charge on any atom is -0.379 e. The van der Waals surface area contributed by atoms with Gasteiger partial charge in [0.15, 0.2) is 0 Å². The van der Waals surface area contributed by atoms with Crippen molar-refractivity contribution >= 4 is 29.5 Å². The van der Waals surface area contributed by atoms with Crippen molar-refractivity contribution in [1.29, 1.82) is 5.41 Å². The number of likely N-dealkylation sites (tertiary alicyclic amines) is 1. The van der Waals surface area contributed by atoms with E-state index in [9.17, 15) is 0 Å². The largest absolute Gasteiger partial charge is 0.379 e. The van der Waals surface area contributed by atoms with Crippen molar-refractivity contribution < 1.29 is 14.2 Å². The molecule has 2 heterocycles. The molecule has 9 nitrogen and oxygen atoms in total. The number of anilines is 2. The number of nitrogens with one attached hydrogen (secondary N) is 3. The molecule has 1 aromatic heterocycles. The summed E-state index contributed by atoms with van der Waals surface area (Å²) in [5.74, 6) is 4.64. The van der Waals surface area contributed by atoms with Crippen LogP contribution >= 0.6 is 11.6 Å². The van der Waals surface area contributed by atoms with Crippen molar-refractivity contribution in [1.82, 2.24) is 14.9 Å². The van der Waals surface area contributed by atoms with Crippen LogP contribution in [-0.2, 0) is 14.2 Å². The Labute approximate surface area is 233 Å². The van der Waals surface area contributed by atoms with Gasteiger partial charge < -0.3 is 35.2 Å². The molecule has 2 unspecified atom stereocenters. The monoisotopic (exact) mass is 548 g/mol. The molecule has 2 aliphatic rings. The van der Waals surface area contributed by atoms with Crippen LogP contribution in [0.1, 0.15) is 63.9 Å². The minimum absolute atomic E-state index is 0.203. The topological polar surface area (TPSA) is 105 Å². The normalized spacial score (nSPS) is 20.3. The van der Waals surface area contributed by atoms with Crippen LogP contribution < -0.4 is 10.6 Å². The number of unbranched alkanes of at least 4 members (excludes halogenated alkanes) is 2. The molecule has 1 aromatic rings. The summed E-state index contributed by atoms with van der Waals surface area (Å²) in [6.07, 6.45) is 14.8. The van der Waals surface area contributed by atoms with Gasteiger partial charge in [-0.25, -0.2) is 0 Å². The third kappa shape index (κ3) is 11.0. The van der Waals surface area contributed by atoms with Crippen LogP contribution in [0.4, 0.5) is 11.6 Å². The molecule has 38 heavy (non-hydrogen) atoms. The van der Waals surface area contributed by atoms with E-state index in [-0.39, 0.29) is 11.3 Å². The minimum atomic E-state index is 0.203. The van der Waals surface area contributed by atoms with Gasteiger partial charge in [0.1, 0.15) is 11.6 Å². The number of rotatable bonds is 18. The average Bonchev–Trinajstić information content (AvgIpc) is 3.32. The molecule has 3 N–H and O–H groups in total. The molecule has 0 amide bonds. The van der Waals surface area contributed by atoms with Crippen molar-refractivity contribution in [2.24, 2.45) is 5.92 Å². The molecule has 0 aromatic carbocycles. The molecular formula is C28H45ClN6O3. The summed E-state index contributed by atoms with van der Waals surface area (Å²) >= 11 is 6.26. The molecule has 1 aliphatic heterocycles. The fourth-order valence-corrected chi connectivity index (χ4v) is 5.16. The third-order valence-corrected chi connectivity index (χ3v) is 7.35. The predicted molar refractivity (Wildman–Crippen MR) is 154 cm³/mol. The summed E-state index contributed by atoms with van der Waals surface area (Å²) in [5, 5.41) is 15.2. The van der Waals surface area contributed by atoms with E-state index in [4.69, 9.17) is 37.6 Å². The number of nitrogens with zero attached hydrogens (tertiary/aromatic N) is 3. The van der Waals surface area contributed by atoms with E-state index >= 15 is 0 Å². The Morgan fingerprint density at radius 1 is 0.947 bits per heavy atom. The lowest BCUT2D eigenvalue weighted by Crippen LogP contribution is -2.41. The smallest absolute Gasteiger partial charge is 0.226 e. The van der Waals surface area contributed by atoms with Crippen LogP contribution in [0.25, 0.3) is 0 Å². The summed E-state index contributed by atoms with van der Waals surface area (Å²) in [5.41, 5.74) is 0.679. The van der Waals surface area contributed by atoms with Gasteiger partial charge in [0.25, 0.3) is 0 Å². The second-order valence-corrected chi connectivity index (χ2v) is 10.6. The molecule has 1 saturated carbocycles. The number of aromatic nitrogens is 2. The SMILES string of the molecule is C#CCCCCOCCOCCOCCN1CCC(Nc2nc(Cl)nc(NC3CCC(C)C3)c2C=N)CC1. The van der Waals surface area contributed by atoms with Gasteiger partial charge in [0, 0.05) is 51.0 Å². The van der Waals surface area contributed by atoms with E-state index in [1.807, 2.05) is 0 Å². The molecular weight excluding hydrogens is 504 g/mol. The molecule has 0 radical (unpaired) electrons. The molecule has 1 aliphatic carbocycles. The molecule has 0 spiro atoms. The van der Waals surface area contributed by atoms with Crippen LogP contribution in [0.5, 0.6) is 0 Å². The lowest BCUT2D eigenvalue weighted by atomic mass is 10.0. The predicted octanol–water partition coefficient (Wildman–Crippen LogP) is 4.46. The number of terminal acetylenes is 1. The summed E-state index contributed by atoms with van der Waals surface area (Å²) in [6.45, 7) is 8.97. The van der Waals surface area contributed by atoms with Gasteiger partial charge >= 0.3 is 0 Å². The Bertz CT molecular complexity index is 875. The first-order valence-electron chi connectivity index (χ1n) is 14.1. The average molecular weight is 549 g/mol. The molecule has 212 valence electrons. The second kappa shape index (κ2) is 17.6. The van der Waals surface area contributed by atoms with Crippen molar-refractivity contribution in [3.8, 4) is 12.3 Å².